The van der Waals surface area contributed by atoms with E-state index in [-0.39, 0.29) is 11.8 Å². The van der Waals surface area contributed by atoms with E-state index in [1.54, 1.807) is 24.3 Å². The first kappa shape index (κ1) is 15.6. The Morgan fingerprint density at radius 3 is 1.74 bits per heavy atom. The summed E-state index contributed by atoms with van der Waals surface area (Å²) in [6.45, 7) is 1.98. The molecule has 0 spiro atoms. The Hall–Kier alpha value is -2.33. The number of carbonyl (C=O) groups is 2. The van der Waals surface area contributed by atoms with E-state index in [0.717, 1.165) is 5.56 Å². The van der Waals surface area contributed by atoms with Gasteiger partial charge in [0.05, 0.1) is 0 Å². The van der Waals surface area contributed by atoms with Crippen molar-refractivity contribution < 1.29 is 9.59 Å². The summed E-state index contributed by atoms with van der Waals surface area (Å²) < 4.78 is 0. The van der Waals surface area contributed by atoms with Crippen LogP contribution in [0.1, 0.15) is 18.4 Å². The van der Waals surface area contributed by atoms with Gasteiger partial charge < -0.3 is 10.6 Å². The largest absolute Gasteiger partial charge is 0.325 e. The van der Waals surface area contributed by atoms with Crippen LogP contribution in [0.3, 0.4) is 0 Å². The summed E-state index contributed by atoms with van der Waals surface area (Å²) in [7, 11) is 0. The van der Waals surface area contributed by atoms with E-state index in [1.807, 2.05) is 31.2 Å². The molecule has 0 unspecified atom stereocenters. The van der Waals surface area contributed by atoms with Crippen LogP contribution >= 0.6 is 11.6 Å². The van der Waals surface area contributed by atoms with Gasteiger partial charge in [0.1, 0.15) is 5.41 Å². The number of rotatable bonds is 4. The maximum absolute atomic E-state index is 12.5. The minimum absolute atomic E-state index is 0.257. The van der Waals surface area contributed by atoms with E-state index in [1.165, 1.54) is 0 Å². The van der Waals surface area contributed by atoms with Crippen molar-refractivity contribution in [3.05, 3.63) is 59.1 Å². The van der Waals surface area contributed by atoms with Crippen LogP contribution in [0, 0.1) is 12.3 Å². The van der Waals surface area contributed by atoms with Crippen molar-refractivity contribution in [2.75, 3.05) is 10.6 Å². The quantitative estimate of drug-likeness (QED) is 0.833. The fourth-order valence-electron chi connectivity index (χ4n) is 2.35. The molecule has 0 radical (unpaired) electrons. The third-order valence-corrected chi connectivity index (χ3v) is 4.28. The number of hydrogen-bond donors (Lipinski definition) is 2. The summed E-state index contributed by atoms with van der Waals surface area (Å²) >= 11 is 5.83. The van der Waals surface area contributed by atoms with E-state index >= 15 is 0 Å². The van der Waals surface area contributed by atoms with Gasteiger partial charge in [-0.2, -0.15) is 0 Å². The molecular formula is C18H17ClN2O2. The van der Waals surface area contributed by atoms with Crippen LogP contribution in [-0.4, -0.2) is 11.8 Å². The molecule has 2 aromatic rings. The van der Waals surface area contributed by atoms with E-state index in [0.29, 0.717) is 29.2 Å². The molecule has 118 valence electrons. The third kappa shape index (κ3) is 3.37. The fourth-order valence-corrected chi connectivity index (χ4v) is 2.48. The lowest BCUT2D eigenvalue weighted by Crippen LogP contribution is -2.35. The monoisotopic (exact) mass is 328 g/mol. The molecule has 0 saturated heterocycles. The molecule has 0 aromatic heterocycles. The van der Waals surface area contributed by atoms with Gasteiger partial charge >= 0.3 is 0 Å². The molecule has 2 amide bonds. The van der Waals surface area contributed by atoms with Gasteiger partial charge in [0.15, 0.2) is 0 Å². The number of carbonyl (C=O) groups excluding carboxylic acids is 2. The van der Waals surface area contributed by atoms with E-state index in [4.69, 9.17) is 11.6 Å². The topological polar surface area (TPSA) is 58.2 Å². The second kappa shape index (κ2) is 6.05. The van der Waals surface area contributed by atoms with Gasteiger partial charge in [-0.25, -0.2) is 0 Å². The zero-order valence-corrected chi connectivity index (χ0v) is 13.5. The predicted octanol–water partition coefficient (Wildman–Crippen LogP) is 4.01. The third-order valence-electron chi connectivity index (χ3n) is 4.03. The van der Waals surface area contributed by atoms with Gasteiger partial charge in [-0.05, 0) is 56.2 Å². The van der Waals surface area contributed by atoms with Gasteiger partial charge in [-0.3, -0.25) is 9.59 Å². The zero-order valence-electron chi connectivity index (χ0n) is 12.7. The molecular weight excluding hydrogens is 312 g/mol. The molecule has 0 atom stereocenters. The van der Waals surface area contributed by atoms with Crippen molar-refractivity contribution in [1.29, 1.82) is 0 Å². The highest BCUT2D eigenvalue weighted by atomic mass is 35.5. The van der Waals surface area contributed by atoms with Gasteiger partial charge in [-0.15, -0.1) is 0 Å². The molecule has 5 heteroatoms. The van der Waals surface area contributed by atoms with Crippen molar-refractivity contribution >= 4 is 34.8 Å². The van der Waals surface area contributed by atoms with E-state index < -0.39 is 5.41 Å². The summed E-state index contributed by atoms with van der Waals surface area (Å²) in [5.74, 6) is -0.530. The number of nitrogens with one attached hydrogen (secondary N) is 2. The minimum Gasteiger partial charge on any atom is -0.325 e. The van der Waals surface area contributed by atoms with Crippen LogP contribution in [0.25, 0.3) is 0 Å². The van der Waals surface area contributed by atoms with Crippen LogP contribution < -0.4 is 10.6 Å². The molecule has 2 N–H and O–H groups in total. The van der Waals surface area contributed by atoms with Crippen LogP contribution in [0.15, 0.2) is 48.5 Å². The van der Waals surface area contributed by atoms with E-state index in [9.17, 15) is 9.59 Å². The van der Waals surface area contributed by atoms with Crippen LogP contribution in [0.2, 0.25) is 5.02 Å². The molecule has 4 nitrogen and oxygen atoms in total. The van der Waals surface area contributed by atoms with Gasteiger partial charge in [0.25, 0.3) is 0 Å². The molecule has 0 aliphatic heterocycles. The van der Waals surface area contributed by atoms with Gasteiger partial charge in [0, 0.05) is 16.4 Å². The summed E-state index contributed by atoms with van der Waals surface area (Å²) in [5.41, 5.74) is 1.48. The molecule has 3 rings (SSSR count). The van der Waals surface area contributed by atoms with Crippen molar-refractivity contribution in [1.82, 2.24) is 0 Å². The second-order valence-corrected chi connectivity index (χ2v) is 6.30. The normalized spacial score (nSPS) is 14.9. The highest BCUT2D eigenvalue weighted by Gasteiger charge is 2.56. The second-order valence-electron chi connectivity index (χ2n) is 5.86. The first-order valence-electron chi connectivity index (χ1n) is 7.45. The van der Waals surface area contributed by atoms with Gasteiger partial charge in [-0.1, -0.05) is 29.3 Å². The minimum atomic E-state index is -0.968. The number of anilines is 2. The van der Waals surface area contributed by atoms with Crippen LogP contribution in [0.4, 0.5) is 11.4 Å². The standard InChI is InChI=1S/C18H17ClN2O2/c1-12-2-6-14(7-3-12)20-16(22)18(10-11-18)17(23)21-15-8-4-13(19)5-9-15/h2-9H,10-11H2,1H3,(H,20,22)(H,21,23). The highest BCUT2D eigenvalue weighted by molar-refractivity contribution is 6.30. The lowest BCUT2D eigenvalue weighted by molar-refractivity contribution is -0.131. The summed E-state index contributed by atoms with van der Waals surface area (Å²) in [4.78, 5) is 24.9. The zero-order chi connectivity index (χ0) is 16.4. The Labute approximate surface area is 139 Å². The molecule has 1 fully saturated rings. The average Bonchev–Trinajstić information content (AvgIpc) is 3.34. The Morgan fingerprint density at radius 1 is 0.870 bits per heavy atom. The Bertz CT molecular complexity index is 673. The van der Waals surface area contributed by atoms with Crippen molar-refractivity contribution in [2.24, 2.45) is 5.41 Å². The Morgan fingerprint density at radius 2 is 1.30 bits per heavy atom. The summed E-state index contributed by atoms with van der Waals surface area (Å²) in [5, 5.41) is 6.21. The molecule has 2 aromatic carbocycles. The van der Waals surface area contributed by atoms with Crippen LogP contribution in [-0.2, 0) is 9.59 Å². The maximum atomic E-state index is 12.5. The van der Waals surface area contributed by atoms with Crippen molar-refractivity contribution in [3.8, 4) is 0 Å². The number of hydrogen-bond acceptors (Lipinski definition) is 2. The number of amides is 2. The Kier molecular flexibility index (Phi) is 4.09. The molecule has 23 heavy (non-hydrogen) atoms. The molecule has 0 bridgehead atoms. The smallest absolute Gasteiger partial charge is 0.240 e. The number of halogens is 1. The lowest BCUT2D eigenvalue weighted by atomic mass is 10.0. The van der Waals surface area contributed by atoms with Crippen LogP contribution in [0.5, 0.6) is 0 Å². The first-order chi connectivity index (χ1) is 11.0. The number of aryl methyl sites for hydroxylation is 1. The van der Waals surface area contributed by atoms with Crippen molar-refractivity contribution in [2.45, 2.75) is 19.8 Å². The molecule has 1 saturated carbocycles. The first-order valence-corrected chi connectivity index (χ1v) is 7.83. The molecule has 0 heterocycles. The summed E-state index contributed by atoms with van der Waals surface area (Å²) in [6.07, 6.45) is 1.12. The maximum Gasteiger partial charge on any atom is 0.240 e. The average molecular weight is 329 g/mol. The fraction of sp³-hybridized carbons (Fsp3) is 0.222. The van der Waals surface area contributed by atoms with Gasteiger partial charge in [0.2, 0.25) is 11.8 Å². The summed E-state index contributed by atoms with van der Waals surface area (Å²) in [6, 6.07) is 14.3. The molecule has 1 aliphatic carbocycles. The Balaban J connectivity index is 1.68. The SMILES string of the molecule is Cc1ccc(NC(=O)C2(C(=O)Nc3ccc(Cl)cc3)CC2)cc1. The number of benzene rings is 2. The highest BCUT2D eigenvalue weighted by Crippen LogP contribution is 2.47. The molecule has 1 aliphatic rings. The predicted molar refractivity (Wildman–Crippen MR) is 91.6 cm³/mol. The van der Waals surface area contributed by atoms with Crippen molar-refractivity contribution in [3.63, 3.8) is 0 Å². The van der Waals surface area contributed by atoms with E-state index in [2.05, 4.69) is 10.6 Å². The lowest BCUT2D eigenvalue weighted by Gasteiger charge is -2.15.